The van der Waals surface area contributed by atoms with E-state index in [4.69, 9.17) is 5.11 Å². The lowest BCUT2D eigenvalue weighted by atomic mass is 10.2. The summed E-state index contributed by atoms with van der Waals surface area (Å²) in [4.78, 5) is 0. The highest BCUT2D eigenvalue weighted by atomic mass is 32.2. The molecule has 0 heterocycles. The summed E-state index contributed by atoms with van der Waals surface area (Å²) < 4.78 is 0. The van der Waals surface area contributed by atoms with Crippen molar-refractivity contribution < 1.29 is 5.11 Å². The second kappa shape index (κ2) is 6.99. The number of thioether (sulfide) groups is 1. The van der Waals surface area contributed by atoms with Crippen molar-refractivity contribution >= 4 is 11.8 Å². The summed E-state index contributed by atoms with van der Waals surface area (Å²) in [6.45, 7) is 6.91. The Balaban J connectivity index is 3.13. The molecule has 1 nitrogen and oxygen atoms in total. The Hall–Kier alpha value is 0.310. The van der Waals surface area contributed by atoms with Crippen LogP contribution in [0.15, 0.2) is 0 Å². The number of aliphatic hydroxyl groups excluding tert-OH is 1. The van der Waals surface area contributed by atoms with E-state index < -0.39 is 0 Å². The first kappa shape index (κ1) is 11.3. The van der Waals surface area contributed by atoms with E-state index in [9.17, 15) is 0 Å². The molecule has 0 aliphatic heterocycles. The minimum atomic E-state index is 0.327. The minimum absolute atomic E-state index is 0.327. The van der Waals surface area contributed by atoms with Gasteiger partial charge in [0.1, 0.15) is 0 Å². The van der Waals surface area contributed by atoms with E-state index in [-0.39, 0.29) is 0 Å². The van der Waals surface area contributed by atoms with Crippen molar-refractivity contribution in [3.63, 3.8) is 0 Å². The molecule has 0 spiro atoms. The van der Waals surface area contributed by atoms with E-state index in [0.717, 1.165) is 11.7 Å². The number of aliphatic hydroxyl groups is 1. The second-order valence-electron chi connectivity index (χ2n) is 3.34. The molecule has 2 heteroatoms. The summed E-state index contributed by atoms with van der Waals surface area (Å²) in [5.74, 6) is 3.62. The van der Waals surface area contributed by atoms with Crippen LogP contribution in [-0.2, 0) is 0 Å². The highest BCUT2D eigenvalue weighted by Crippen LogP contribution is 2.14. The normalized spacial score (nSPS) is 16.4. The maximum atomic E-state index is 8.74. The molecule has 0 aliphatic carbocycles. The molecule has 0 amide bonds. The van der Waals surface area contributed by atoms with Crippen LogP contribution in [0.5, 0.6) is 0 Å². The summed E-state index contributed by atoms with van der Waals surface area (Å²) in [5, 5.41) is 8.74. The van der Waals surface area contributed by atoms with Crippen molar-refractivity contribution in [3.05, 3.63) is 0 Å². The standard InChI is InChI=1S/C9H20OS/c1-4-8(2)6-11-7-9(3)5-10/h8-10H,4-7H2,1-3H3. The first-order valence-corrected chi connectivity index (χ1v) is 5.54. The predicted octanol–water partition coefficient (Wildman–Crippen LogP) is 2.39. The van der Waals surface area contributed by atoms with Crippen molar-refractivity contribution in [3.8, 4) is 0 Å². The Morgan fingerprint density at radius 1 is 1.18 bits per heavy atom. The van der Waals surface area contributed by atoms with Gasteiger partial charge in [0.15, 0.2) is 0 Å². The van der Waals surface area contributed by atoms with Crippen molar-refractivity contribution in [2.24, 2.45) is 11.8 Å². The lowest BCUT2D eigenvalue weighted by Gasteiger charge is -2.10. The summed E-state index contributed by atoms with van der Waals surface area (Å²) in [6, 6.07) is 0. The molecule has 0 rings (SSSR count). The Morgan fingerprint density at radius 2 is 1.73 bits per heavy atom. The smallest absolute Gasteiger partial charge is 0.0464 e. The largest absolute Gasteiger partial charge is 0.396 e. The molecule has 0 saturated carbocycles. The molecule has 11 heavy (non-hydrogen) atoms. The second-order valence-corrected chi connectivity index (χ2v) is 4.41. The highest BCUT2D eigenvalue weighted by Gasteiger charge is 2.02. The van der Waals surface area contributed by atoms with E-state index in [1.807, 2.05) is 11.8 Å². The Labute approximate surface area is 74.6 Å². The van der Waals surface area contributed by atoms with Crippen LogP contribution in [0.1, 0.15) is 27.2 Å². The quantitative estimate of drug-likeness (QED) is 0.670. The molecule has 0 aromatic carbocycles. The average molecular weight is 176 g/mol. The van der Waals surface area contributed by atoms with Crippen LogP contribution in [-0.4, -0.2) is 23.2 Å². The average Bonchev–Trinajstić information content (AvgIpc) is 2.04. The van der Waals surface area contributed by atoms with E-state index in [1.54, 1.807) is 0 Å². The summed E-state index contributed by atoms with van der Waals surface area (Å²) in [6.07, 6.45) is 1.26. The number of rotatable bonds is 6. The molecule has 1 N–H and O–H groups in total. The molecule has 2 unspecified atom stereocenters. The minimum Gasteiger partial charge on any atom is -0.396 e. The maximum absolute atomic E-state index is 8.74. The fraction of sp³-hybridized carbons (Fsp3) is 1.00. The van der Waals surface area contributed by atoms with Crippen LogP contribution in [0.2, 0.25) is 0 Å². The third-order valence-corrected chi connectivity index (χ3v) is 3.42. The van der Waals surface area contributed by atoms with Gasteiger partial charge in [0.05, 0.1) is 0 Å². The lowest BCUT2D eigenvalue weighted by molar-refractivity contribution is 0.250. The van der Waals surface area contributed by atoms with Crippen LogP contribution < -0.4 is 0 Å². The van der Waals surface area contributed by atoms with Gasteiger partial charge in [0.2, 0.25) is 0 Å². The third kappa shape index (κ3) is 6.70. The monoisotopic (exact) mass is 176 g/mol. The molecule has 2 atom stereocenters. The molecular weight excluding hydrogens is 156 g/mol. The van der Waals surface area contributed by atoms with Crippen molar-refractivity contribution in [1.82, 2.24) is 0 Å². The molecule has 68 valence electrons. The molecular formula is C9H20OS. The van der Waals surface area contributed by atoms with Crippen LogP contribution in [0, 0.1) is 11.8 Å². The number of hydrogen-bond acceptors (Lipinski definition) is 2. The molecule has 0 bridgehead atoms. The first-order chi connectivity index (χ1) is 5.20. The fourth-order valence-electron chi connectivity index (χ4n) is 0.641. The summed E-state index contributed by atoms with van der Waals surface area (Å²) >= 11 is 1.96. The Kier molecular flexibility index (Phi) is 7.18. The SMILES string of the molecule is CCC(C)CSCC(C)CO. The number of hydrogen-bond donors (Lipinski definition) is 1. The topological polar surface area (TPSA) is 20.2 Å². The maximum Gasteiger partial charge on any atom is 0.0464 e. The van der Waals surface area contributed by atoms with Crippen molar-refractivity contribution in [2.45, 2.75) is 27.2 Å². The zero-order valence-electron chi connectivity index (χ0n) is 7.84. The van der Waals surface area contributed by atoms with Crippen LogP contribution >= 0.6 is 11.8 Å². The van der Waals surface area contributed by atoms with Gasteiger partial charge in [-0.05, 0) is 23.3 Å². The van der Waals surface area contributed by atoms with E-state index in [0.29, 0.717) is 12.5 Å². The lowest BCUT2D eigenvalue weighted by Crippen LogP contribution is -2.05. The zero-order chi connectivity index (χ0) is 8.69. The van der Waals surface area contributed by atoms with Crippen LogP contribution in [0.4, 0.5) is 0 Å². The van der Waals surface area contributed by atoms with Gasteiger partial charge in [-0.15, -0.1) is 0 Å². The van der Waals surface area contributed by atoms with Gasteiger partial charge in [-0.1, -0.05) is 27.2 Å². The van der Waals surface area contributed by atoms with E-state index in [1.165, 1.54) is 12.2 Å². The van der Waals surface area contributed by atoms with Gasteiger partial charge < -0.3 is 5.11 Å². The molecule has 0 aliphatic rings. The van der Waals surface area contributed by atoms with Gasteiger partial charge >= 0.3 is 0 Å². The van der Waals surface area contributed by atoms with Crippen LogP contribution in [0.25, 0.3) is 0 Å². The van der Waals surface area contributed by atoms with Crippen LogP contribution in [0.3, 0.4) is 0 Å². The van der Waals surface area contributed by atoms with Gasteiger partial charge in [-0.3, -0.25) is 0 Å². The van der Waals surface area contributed by atoms with Crippen molar-refractivity contribution in [1.29, 1.82) is 0 Å². The van der Waals surface area contributed by atoms with Gasteiger partial charge in [0.25, 0.3) is 0 Å². The summed E-state index contributed by atoms with van der Waals surface area (Å²) in [5.41, 5.74) is 0. The molecule has 0 saturated heterocycles. The molecule has 0 fully saturated rings. The predicted molar refractivity (Wildman–Crippen MR) is 53.0 cm³/mol. The summed E-state index contributed by atoms with van der Waals surface area (Å²) in [7, 11) is 0. The highest BCUT2D eigenvalue weighted by molar-refractivity contribution is 7.99. The molecule has 0 aromatic rings. The van der Waals surface area contributed by atoms with Gasteiger partial charge in [-0.25, -0.2) is 0 Å². The zero-order valence-corrected chi connectivity index (χ0v) is 8.66. The molecule has 0 aromatic heterocycles. The van der Waals surface area contributed by atoms with E-state index in [2.05, 4.69) is 20.8 Å². The Bertz CT molecular complexity index is 75.6. The Morgan fingerprint density at radius 3 is 2.18 bits per heavy atom. The first-order valence-electron chi connectivity index (χ1n) is 4.39. The van der Waals surface area contributed by atoms with E-state index >= 15 is 0 Å². The third-order valence-electron chi connectivity index (χ3n) is 1.81. The van der Waals surface area contributed by atoms with Gasteiger partial charge in [0, 0.05) is 6.61 Å². The molecule has 0 radical (unpaired) electrons. The fourth-order valence-corrected chi connectivity index (χ4v) is 1.92. The van der Waals surface area contributed by atoms with Crippen molar-refractivity contribution in [2.75, 3.05) is 18.1 Å². The van der Waals surface area contributed by atoms with Gasteiger partial charge in [-0.2, -0.15) is 11.8 Å².